The van der Waals surface area contributed by atoms with Gasteiger partial charge in [0.25, 0.3) is 0 Å². The number of aliphatic carboxylic acids is 1. The number of aryl methyl sites for hydroxylation is 1. The van der Waals surface area contributed by atoms with Gasteiger partial charge in [-0.1, -0.05) is 54.6 Å². The molecule has 1 aromatic heterocycles. The van der Waals surface area contributed by atoms with Crippen LogP contribution in [0, 0.1) is 6.92 Å². The number of nitrogens with zero attached hydrogens (tertiary/aromatic N) is 1. The highest BCUT2D eigenvalue weighted by Gasteiger charge is 2.18. The van der Waals surface area contributed by atoms with E-state index in [1.54, 1.807) is 18.2 Å². The van der Waals surface area contributed by atoms with Gasteiger partial charge in [0.2, 0.25) is 5.89 Å². The average Bonchev–Trinajstić information content (AvgIpc) is 3.40. The summed E-state index contributed by atoms with van der Waals surface area (Å²) in [5.74, 6) is 1.91. The second kappa shape index (κ2) is 12.4. The minimum Gasteiger partial charge on any atom is -0.491 e. The van der Waals surface area contributed by atoms with Crippen molar-refractivity contribution < 1.29 is 28.5 Å². The van der Waals surface area contributed by atoms with E-state index in [4.69, 9.17) is 28.7 Å². The third-order valence-electron chi connectivity index (χ3n) is 6.29. The summed E-state index contributed by atoms with van der Waals surface area (Å²) < 4.78 is 23.4. The number of rotatable bonds is 11. The maximum Gasteiger partial charge on any atom is 0.341 e. The molecule has 0 aliphatic heterocycles. The Bertz CT molecular complexity index is 1610. The molecule has 0 aliphatic carbocycles. The van der Waals surface area contributed by atoms with Crippen molar-refractivity contribution >= 4 is 5.97 Å². The molecule has 0 saturated heterocycles. The van der Waals surface area contributed by atoms with E-state index in [0.717, 1.165) is 33.6 Å². The van der Waals surface area contributed by atoms with Crippen LogP contribution in [0.25, 0.3) is 33.7 Å². The number of carbonyl (C=O) groups is 1. The van der Waals surface area contributed by atoms with Gasteiger partial charge in [0, 0.05) is 11.1 Å². The van der Waals surface area contributed by atoms with E-state index < -0.39 is 12.6 Å². The number of hydrogen-bond acceptors (Lipinski definition) is 6. The minimum atomic E-state index is -1.03. The van der Waals surface area contributed by atoms with Crippen LogP contribution in [0.4, 0.5) is 0 Å². The first-order chi connectivity index (χ1) is 19.9. The Morgan fingerprint density at radius 1 is 0.805 bits per heavy atom. The highest BCUT2D eigenvalue weighted by atomic mass is 16.5. The van der Waals surface area contributed by atoms with Gasteiger partial charge in [-0.3, -0.25) is 0 Å². The van der Waals surface area contributed by atoms with E-state index in [1.165, 1.54) is 0 Å². The maximum atomic E-state index is 10.8. The summed E-state index contributed by atoms with van der Waals surface area (Å²) in [5, 5.41) is 8.86. The Morgan fingerprint density at radius 3 is 2.10 bits per heavy atom. The summed E-state index contributed by atoms with van der Waals surface area (Å²) >= 11 is 0. The highest BCUT2D eigenvalue weighted by Crippen LogP contribution is 2.35. The van der Waals surface area contributed by atoms with Crippen molar-refractivity contribution in [2.75, 3.05) is 6.61 Å². The molecule has 0 fully saturated rings. The van der Waals surface area contributed by atoms with E-state index in [0.29, 0.717) is 28.8 Å². The van der Waals surface area contributed by atoms with E-state index in [9.17, 15) is 4.79 Å². The summed E-state index contributed by atoms with van der Waals surface area (Å²) in [4.78, 5) is 15.6. The van der Waals surface area contributed by atoms with Gasteiger partial charge >= 0.3 is 5.97 Å². The highest BCUT2D eigenvalue weighted by molar-refractivity contribution is 5.78. The second-order valence-electron chi connectivity index (χ2n) is 9.82. The summed E-state index contributed by atoms with van der Waals surface area (Å²) in [5.41, 5.74) is 5.52. The molecule has 5 rings (SSSR count). The summed E-state index contributed by atoms with van der Waals surface area (Å²) in [6.07, 6.45) is 0.0803. The van der Waals surface area contributed by atoms with Gasteiger partial charge < -0.3 is 23.7 Å². The SMILES string of the molecule is Cc1cc(OCc2nc(-c3ccc(OC(C)C)cc3)c(-c3ccc(-c4ccccc4)cc3)o2)ccc1OCC(=O)O. The third kappa shape index (κ3) is 6.94. The van der Waals surface area contributed by atoms with Crippen LogP contribution in [0.3, 0.4) is 0 Å². The van der Waals surface area contributed by atoms with Gasteiger partial charge in [-0.15, -0.1) is 0 Å². The first kappa shape index (κ1) is 27.5. The molecule has 0 unspecified atom stereocenters. The molecule has 0 amide bonds. The van der Waals surface area contributed by atoms with Crippen molar-refractivity contribution in [3.63, 3.8) is 0 Å². The molecule has 0 bridgehead atoms. The van der Waals surface area contributed by atoms with Crippen molar-refractivity contribution in [2.45, 2.75) is 33.5 Å². The molecule has 208 valence electrons. The second-order valence-corrected chi connectivity index (χ2v) is 9.82. The molecular weight excluding hydrogens is 518 g/mol. The van der Waals surface area contributed by atoms with E-state index in [2.05, 4.69) is 24.3 Å². The zero-order valence-corrected chi connectivity index (χ0v) is 23.2. The molecule has 0 spiro atoms. The standard InChI is InChI=1S/C34H31NO6/c1-22(2)40-28-15-13-26(14-16-28)33-34(27-11-9-25(10-12-27)24-7-5-4-6-8-24)41-31(35-33)20-38-29-17-18-30(23(3)19-29)39-21-32(36)37/h4-19,22H,20-21H2,1-3H3,(H,36,37). The number of carboxylic acids is 1. The zero-order chi connectivity index (χ0) is 28.8. The van der Waals surface area contributed by atoms with E-state index in [1.807, 2.05) is 75.4 Å². The Hall–Kier alpha value is -5.04. The molecule has 7 heteroatoms. The fraction of sp³-hybridized carbons (Fsp3) is 0.176. The molecular formula is C34H31NO6. The van der Waals surface area contributed by atoms with Gasteiger partial charge in [0.05, 0.1) is 6.10 Å². The Balaban J connectivity index is 1.41. The number of benzene rings is 4. The summed E-state index contributed by atoms with van der Waals surface area (Å²) in [6, 6.07) is 31.4. The molecule has 0 aliphatic rings. The van der Waals surface area contributed by atoms with Crippen LogP contribution in [-0.2, 0) is 11.4 Å². The Morgan fingerprint density at radius 2 is 1.44 bits per heavy atom. The number of hydrogen-bond donors (Lipinski definition) is 1. The van der Waals surface area contributed by atoms with Crippen molar-refractivity contribution in [3.8, 4) is 51.0 Å². The number of carboxylic acid groups (broad SMARTS) is 1. The lowest BCUT2D eigenvalue weighted by Crippen LogP contribution is -2.10. The predicted molar refractivity (Wildman–Crippen MR) is 157 cm³/mol. The van der Waals surface area contributed by atoms with Gasteiger partial charge in [0.1, 0.15) is 22.9 Å². The van der Waals surface area contributed by atoms with Crippen molar-refractivity contribution in [2.24, 2.45) is 0 Å². The monoisotopic (exact) mass is 549 g/mol. The van der Waals surface area contributed by atoms with Crippen LogP contribution < -0.4 is 14.2 Å². The quantitative estimate of drug-likeness (QED) is 0.180. The maximum absolute atomic E-state index is 10.8. The van der Waals surface area contributed by atoms with Gasteiger partial charge in [0.15, 0.2) is 19.0 Å². The predicted octanol–water partition coefficient (Wildman–Crippen LogP) is 7.81. The number of oxazole rings is 1. The lowest BCUT2D eigenvalue weighted by molar-refractivity contribution is -0.139. The average molecular weight is 550 g/mol. The van der Waals surface area contributed by atoms with Crippen molar-refractivity contribution in [3.05, 3.63) is 109 Å². The number of aromatic nitrogens is 1. The third-order valence-corrected chi connectivity index (χ3v) is 6.29. The Labute approximate surface area is 239 Å². The molecule has 1 N–H and O–H groups in total. The molecule has 0 saturated carbocycles. The van der Waals surface area contributed by atoms with Crippen LogP contribution in [0.1, 0.15) is 25.3 Å². The topological polar surface area (TPSA) is 91.0 Å². The summed E-state index contributed by atoms with van der Waals surface area (Å²) in [7, 11) is 0. The first-order valence-electron chi connectivity index (χ1n) is 13.4. The largest absolute Gasteiger partial charge is 0.491 e. The van der Waals surface area contributed by atoms with Crippen LogP contribution in [0.5, 0.6) is 17.2 Å². The molecule has 0 radical (unpaired) electrons. The van der Waals surface area contributed by atoms with Crippen LogP contribution in [0.2, 0.25) is 0 Å². The zero-order valence-electron chi connectivity index (χ0n) is 23.2. The molecule has 5 aromatic rings. The van der Waals surface area contributed by atoms with Crippen LogP contribution in [0.15, 0.2) is 101 Å². The fourth-order valence-corrected chi connectivity index (χ4v) is 4.38. The normalized spacial score (nSPS) is 10.9. The Kier molecular flexibility index (Phi) is 8.34. The molecule has 1 heterocycles. The van der Waals surface area contributed by atoms with Crippen LogP contribution >= 0.6 is 0 Å². The van der Waals surface area contributed by atoms with E-state index in [-0.39, 0.29) is 12.7 Å². The van der Waals surface area contributed by atoms with Gasteiger partial charge in [-0.05, 0) is 79.9 Å². The molecule has 7 nitrogen and oxygen atoms in total. The van der Waals surface area contributed by atoms with Crippen molar-refractivity contribution in [1.82, 2.24) is 4.98 Å². The fourth-order valence-electron chi connectivity index (χ4n) is 4.38. The molecule has 41 heavy (non-hydrogen) atoms. The lowest BCUT2D eigenvalue weighted by atomic mass is 10.0. The van der Waals surface area contributed by atoms with E-state index >= 15 is 0 Å². The molecule has 0 atom stereocenters. The number of ether oxygens (including phenoxy) is 3. The smallest absolute Gasteiger partial charge is 0.341 e. The minimum absolute atomic E-state index is 0.0803. The molecule has 4 aromatic carbocycles. The van der Waals surface area contributed by atoms with Gasteiger partial charge in [-0.25, -0.2) is 9.78 Å². The lowest BCUT2D eigenvalue weighted by Gasteiger charge is -2.10. The van der Waals surface area contributed by atoms with Gasteiger partial charge in [-0.2, -0.15) is 0 Å². The van der Waals surface area contributed by atoms with Crippen LogP contribution in [-0.4, -0.2) is 28.8 Å². The summed E-state index contributed by atoms with van der Waals surface area (Å²) in [6.45, 7) is 5.52. The van der Waals surface area contributed by atoms with Crippen molar-refractivity contribution in [1.29, 1.82) is 0 Å². The first-order valence-corrected chi connectivity index (χ1v) is 13.4.